The SMILES string of the molecule is CCCC(C)(C)NC(C)C(=O)Nc1ccc(C)cc1. The fourth-order valence-electron chi connectivity index (χ4n) is 2.24. The highest BCUT2D eigenvalue weighted by Crippen LogP contribution is 2.13. The Morgan fingerprint density at radius 3 is 2.37 bits per heavy atom. The van der Waals surface area contributed by atoms with Gasteiger partial charge in [0.1, 0.15) is 0 Å². The van der Waals surface area contributed by atoms with Gasteiger partial charge in [0.25, 0.3) is 0 Å². The van der Waals surface area contributed by atoms with Crippen molar-refractivity contribution in [1.29, 1.82) is 0 Å². The minimum absolute atomic E-state index is 0.00744. The lowest BCUT2D eigenvalue weighted by Crippen LogP contribution is -2.49. The highest BCUT2D eigenvalue weighted by molar-refractivity contribution is 5.94. The molecule has 0 spiro atoms. The largest absolute Gasteiger partial charge is 0.325 e. The molecule has 0 saturated carbocycles. The molecule has 0 fully saturated rings. The standard InChI is InChI=1S/C16H26N2O/c1-6-11-16(4,5)18-13(3)15(19)17-14-9-7-12(2)8-10-14/h7-10,13,18H,6,11H2,1-5H3,(H,17,19). The Balaban J connectivity index is 2.55. The van der Waals surface area contributed by atoms with Gasteiger partial charge in [0, 0.05) is 11.2 Å². The van der Waals surface area contributed by atoms with E-state index in [1.54, 1.807) is 0 Å². The molecule has 19 heavy (non-hydrogen) atoms. The maximum atomic E-state index is 12.1. The Morgan fingerprint density at radius 1 is 1.26 bits per heavy atom. The molecule has 3 heteroatoms. The summed E-state index contributed by atoms with van der Waals surface area (Å²) in [7, 11) is 0. The first-order chi connectivity index (χ1) is 8.84. The van der Waals surface area contributed by atoms with Crippen LogP contribution in [0.5, 0.6) is 0 Å². The quantitative estimate of drug-likeness (QED) is 0.824. The van der Waals surface area contributed by atoms with E-state index in [0.29, 0.717) is 0 Å². The monoisotopic (exact) mass is 262 g/mol. The lowest BCUT2D eigenvalue weighted by Gasteiger charge is -2.29. The zero-order chi connectivity index (χ0) is 14.5. The first-order valence-corrected chi connectivity index (χ1v) is 6.99. The molecule has 1 amide bonds. The molecule has 1 unspecified atom stereocenters. The van der Waals surface area contributed by atoms with Crippen molar-refractivity contribution in [3.8, 4) is 0 Å². The second kappa shape index (κ2) is 6.71. The Morgan fingerprint density at radius 2 is 1.84 bits per heavy atom. The topological polar surface area (TPSA) is 41.1 Å². The number of amides is 1. The number of carbonyl (C=O) groups excluding carboxylic acids is 1. The van der Waals surface area contributed by atoms with Gasteiger partial charge in [-0.05, 0) is 46.2 Å². The molecule has 3 nitrogen and oxygen atoms in total. The van der Waals surface area contributed by atoms with Crippen LogP contribution in [-0.4, -0.2) is 17.5 Å². The van der Waals surface area contributed by atoms with E-state index in [1.165, 1.54) is 5.56 Å². The van der Waals surface area contributed by atoms with Crippen molar-refractivity contribution in [2.75, 3.05) is 5.32 Å². The summed E-state index contributed by atoms with van der Waals surface area (Å²) in [4.78, 5) is 12.1. The van der Waals surface area contributed by atoms with Gasteiger partial charge in [-0.2, -0.15) is 0 Å². The van der Waals surface area contributed by atoms with Gasteiger partial charge >= 0.3 is 0 Å². The van der Waals surface area contributed by atoms with Gasteiger partial charge in [-0.1, -0.05) is 31.0 Å². The summed E-state index contributed by atoms with van der Waals surface area (Å²) in [6.07, 6.45) is 2.15. The molecule has 1 atom stereocenters. The number of nitrogens with one attached hydrogen (secondary N) is 2. The lowest BCUT2D eigenvalue weighted by atomic mass is 9.97. The van der Waals surface area contributed by atoms with Crippen molar-refractivity contribution >= 4 is 11.6 Å². The van der Waals surface area contributed by atoms with Gasteiger partial charge in [-0.3, -0.25) is 4.79 Å². The van der Waals surface area contributed by atoms with E-state index < -0.39 is 0 Å². The molecule has 0 aliphatic rings. The molecule has 106 valence electrons. The first kappa shape index (κ1) is 15.7. The van der Waals surface area contributed by atoms with Gasteiger partial charge in [0.15, 0.2) is 0 Å². The summed E-state index contributed by atoms with van der Waals surface area (Å²) in [6.45, 7) is 10.3. The van der Waals surface area contributed by atoms with Crippen LogP contribution in [0, 0.1) is 6.92 Å². The molecule has 0 aromatic heterocycles. The van der Waals surface area contributed by atoms with Gasteiger partial charge < -0.3 is 10.6 Å². The van der Waals surface area contributed by atoms with Gasteiger partial charge in [0.2, 0.25) is 5.91 Å². The average Bonchev–Trinajstić information content (AvgIpc) is 2.31. The lowest BCUT2D eigenvalue weighted by molar-refractivity contribution is -0.118. The Hall–Kier alpha value is -1.35. The summed E-state index contributed by atoms with van der Waals surface area (Å²) >= 11 is 0. The van der Waals surface area contributed by atoms with E-state index in [1.807, 2.05) is 38.1 Å². The molecule has 0 saturated heterocycles. The number of rotatable bonds is 6. The second-order valence-corrected chi connectivity index (χ2v) is 5.86. The van der Waals surface area contributed by atoms with Crippen LogP contribution < -0.4 is 10.6 Å². The van der Waals surface area contributed by atoms with Crippen molar-refractivity contribution in [3.05, 3.63) is 29.8 Å². The van der Waals surface area contributed by atoms with Crippen molar-refractivity contribution < 1.29 is 4.79 Å². The van der Waals surface area contributed by atoms with Gasteiger partial charge in [-0.25, -0.2) is 0 Å². The number of hydrogen-bond donors (Lipinski definition) is 2. The predicted octanol–water partition coefficient (Wildman–Crippen LogP) is 3.49. The number of hydrogen-bond acceptors (Lipinski definition) is 2. The third kappa shape index (κ3) is 5.43. The van der Waals surface area contributed by atoms with Crippen LogP contribution in [0.2, 0.25) is 0 Å². The number of benzene rings is 1. The van der Waals surface area contributed by atoms with E-state index in [9.17, 15) is 4.79 Å². The van der Waals surface area contributed by atoms with Gasteiger partial charge in [0.05, 0.1) is 6.04 Å². The Kier molecular flexibility index (Phi) is 5.55. The summed E-state index contributed by atoms with van der Waals surface area (Å²) in [5, 5.41) is 6.31. The zero-order valence-corrected chi connectivity index (χ0v) is 12.7. The summed E-state index contributed by atoms with van der Waals surface area (Å²) < 4.78 is 0. The summed E-state index contributed by atoms with van der Waals surface area (Å²) in [5.74, 6) is 0.00744. The zero-order valence-electron chi connectivity index (χ0n) is 12.7. The van der Waals surface area contributed by atoms with Crippen LogP contribution in [-0.2, 0) is 4.79 Å². The molecule has 1 aromatic rings. The van der Waals surface area contributed by atoms with Crippen LogP contribution in [0.1, 0.15) is 46.1 Å². The smallest absolute Gasteiger partial charge is 0.241 e. The van der Waals surface area contributed by atoms with Crippen molar-refractivity contribution in [3.63, 3.8) is 0 Å². The molecule has 0 bridgehead atoms. The molecule has 1 rings (SSSR count). The summed E-state index contributed by atoms with van der Waals surface area (Å²) in [6, 6.07) is 7.64. The molecule has 0 radical (unpaired) electrons. The maximum Gasteiger partial charge on any atom is 0.241 e. The molecule has 0 heterocycles. The maximum absolute atomic E-state index is 12.1. The molecular formula is C16H26N2O. The third-order valence-corrected chi connectivity index (χ3v) is 3.19. The van der Waals surface area contributed by atoms with Crippen molar-refractivity contribution in [2.45, 2.75) is 59.0 Å². The number of carbonyl (C=O) groups is 1. The average molecular weight is 262 g/mol. The number of aryl methyl sites for hydroxylation is 1. The minimum atomic E-state index is -0.206. The van der Waals surface area contributed by atoms with E-state index in [-0.39, 0.29) is 17.5 Å². The number of anilines is 1. The van der Waals surface area contributed by atoms with Crippen molar-refractivity contribution in [1.82, 2.24) is 5.32 Å². The minimum Gasteiger partial charge on any atom is -0.325 e. The fraction of sp³-hybridized carbons (Fsp3) is 0.562. The van der Waals surface area contributed by atoms with E-state index in [2.05, 4.69) is 31.4 Å². The highest BCUT2D eigenvalue weighted by atomic mass is 16.2. The Labute approximate surface area is 116 Å². The van der Waals surface area contributed by atoms with Crippen LogP contribution in [0.25, 0.3) is 0 Å². The van der Waals surface area contributed by atoms with E-state index in [0.717, 1.165) is 18.5 Å². The van der Waals surface area contributed by atoms with Gasteiger partial charge in [-0.15, -0.1) is 0 Å². The predicted molar refractivity (Wildman–Crippen MR) is 81.4 cm³/mol. The third-order valence-electron chi connectivity index (χ3n) is 3.19. The van der Waals surface area contributed by atoms with Crippen molar-refractivity contribution in [2.24, 2.45) is 0 Å². The van der Waals surface area contributed by atoms with Crippen LogP contribution in [0.3, 0.4) is 0 Å². The van der Waals surface area contributed by atoms with E-state index >= 15 is 0 Å². The highest BCUT2D eigenvalue weighted by Gasteiger charge is 2.22. The molecule has 0 aliphatic heterocycles. The Bertz CT molecular complexity index is 409. The summed E-state index contributed by atoms with van der Waals surface area (Å²) in [5.41, 5.74) is 2.02. The normalized spacial score (nSPS) is 13.1. The first-order valence-electron chi connectivity index (χ1n) is 6.99. The molecular weight excluding hydrogens is 236 g/mol. The van der Waals surface area contributed by atoms with E-state index in [4.69, 9.17) is 0 Å². The fourth-order valence-corrected chi connectivity index (χ4v) is 2.24. The molecule has 0 aliphatic carbocycles. The second-order valence-electron chi connectivity index (χ2n) is 5.86. The van der Waals surface area contributed by atoms with Crippen LogP contribution >= 0.6 is 0 Å². The van der Waals surface area contributed by atoms with Crippen LogP contribution in [0.4, 0.5) is 5.69 Å². The van der Waals surface area contributed by atoms with Crippen LogP contribution in [0.15, 0.2) is 24.3 Å². The molecule has 2 N–H and O–H groups in total. The molecule has 1 aromatic carbocycles.